The van der Waals surface area contributed by atoms with Crippen molar-refractivity contribution >= 4 is 5.69 Å². The molecule has 0 aromatic heterocycles. The van der Waals surface area contributed by atoms with Crippen LogP contribution in [0.25, 0.3) is 0 Å². The van der Waals surface area contributed by atoms with Crippen LogP contribution in [0.1, 0.15) is 45.1 Å². The van der Waals surface area contributed by atoms with Gasteiger partial charge in [0.2, 0.25) is 0 Å². The van der Waals surface area contributed by atoms with E-state index in [0.717, 1.165) is 38.8 Å². The van der Waals surface area contributed by atoms with Crippen molar-refractivity contribution in [3.05, 3.63) is 29.8 Å². The monoisotopic (exact) mass is 276 g/mol. The number of benzene rings is 1. The minimum absolute atomic E-state index is 0.479. The Bertz CT molecular complexity index is 425. The Morgan fingerprint density at radius 3 is 2.55 bits per heavy atom. The van der Waals surface area contributed by atoms with Gasteiger partial charge < -0.3 is 15.3 Å². The van der Waals surface area contributed by atoms with E-state index in [9.17, 15) is 5.11 Å². The van der Waals surface area contributed by atoms with Gasteiger partial charge in [0.15, 0.2) is 0 Å². The zero-order valence-corrected chi connectivity index (χ0v) is 13.0. The quantitative estimate of drug-likeness (QED) is 0.838. The van der Waals surface area contributed by atoms with Gasteiger partial charge in [0.1, 0.15) is 0 Å². The minimum Gasteiger partial charge on any atom is -0.388 e. The molecule has 3 nitrogen and oxygen atoms in total. The molecule has 1 aliphatic rings. The number of anilines is 1. The molecule has 0 radical (unpaired) electrons. The predicted octanol–water partition coefficient (Wildman–Crippen LogP) is 2.93. The van der Waals surface area contributed by atoms with E-state index < -0.39 is 5.60 Å². The van der Waals surface area contributed by atoms with Crippen molar-refractivity contribution in [2.75, 3.05) is 18.5 Å². The van der Waals surface area contributed by atoms with Crippen LogP contribution in [0.2, 0.25) is 0 Å². The Kier molecular flexibility index (Phi) is 5.06. The summed E-state index contributed by atoms with van der Waals surface area (Å²) in [4.78, 5) is 2.21. The molecule has 1 fully saturated rings. The lowest BCUT2D eigenvalue weighted by Gasteiger charge is -2.31. The van der Waals surface area contributed by atoms with E-state index in [2.05, 4.69) is 55.4 Å². The Labute approximate surface area is 123 Å². The van der Waals surface area contributed by atoms with E-state index >= 15 is 0 Å². The number of aliphatic hydroxyl groups is 1. The highest BCUT2D eigenvalue weighted by Gasteiger charge is 2.32. The van der Waals surface area contributed by atoms with Crippen molar-refractivity contribution in [2.24, 2.45) is 0 Å². The van der Waals surface area contributed by atoms with Crippen molar-refractivity contribution in [3.8, 4) is 0 Å². The van der Waals surface area contributed by atoms with E-state index in [1.165, 1.54) is 11.3 Å². The van der Waals surface area contributed by atoms with Gasteiger partial charge in [-0.25, -0.2) is 0 Å². The fraction of sp³-hybridized carbons (Fsp3) is 0.647. The van der Waals surface area contributed by atoms with Gasteiger partial charge in [-0.3, -0.25) is 0 Å². The second-order valence-corrected chi connectivity index (χ2v) is 6.45. The third-order valence-corrected chi connectivity index (χ3v) is 4.17. The van der Waals surface area contributed by atoms with E-state index in [1.807, 2.05) is 0 Å². The Morgan fingerprint density at radius 2 is 1.90 bits per heavy atom. The minimum atomic E-state index is -0.493. The van der Waals surface area contributed by atoms with Crippen LogP contribution in [-0.4, -0.2) is 30.3 Å². The summed E-state index contributed by atoms with van der Waals surface area (Å²) in [6, 6.07) is 8.95. The summed E-state index contributed by atoms with van der Waals surface area (Å²) in [6.45, 7) is 5.92. The maximum Gasteiger partial charge on any atom is 0.0821 e. The van der Waals surface area contributed by atoms with E-state index in [0.29, 0.717) is 6.04 Å². The molecule has 0 aliphatic heterocycles. The topological polar surface area (TPSA) is 35.5 Å². The SMILES string of the molecule is CC(C)NCc1ccccc1N(C)CC1(O)CCCC1. The van der Waals surface area contributed by atoms with Gasteiger partial charge >= 0.3 is 0 Å². The maximum atomic E-state index is 10.6. The van der Waals surface area contributed by atoms with Gasteiger partial charge in [0, 0.05) is 31.9 Å². The van der Waals surface area contributed by atoms with Gasteiger partial charge in [-0.05, 0) is 24.5 Å². The molecular weight excluding hydrogens is 248 g/mol. The second-order valence-electron chi connectivity index (χ2n) is 6.45. The fourth-order valence-electron chi connectivity index (χ4n) is 3.06. The molecule has 0 heterocycles. The van der Waals surface area contributed by atoms with Crippen LogP contribution in [0.5, 0.6) is 0 Å². The van der Waals surface area contributed by atoms with E-state index in [4.69, 9.17) is 0 Å². The third kappa shape index (κ3) is 3.97. The van der Waals surface area contributed by atoms with Crippen LogP contribution in [0.4, 0.5) is 5.69 Å². The smallest absolute Gasteiger partial charge is 0.0821 e. The zero-order valence-electron chi connectivity index (χ0n) is 13.0. The van der Waals surface area contributed by atoms with Crippen molar-refractivity contribution in [1.29, 1.82) is 0 Å². The van der Waals surface area contributed by atoms with Crippen LogP contribution in [0, 0.1) is 0 Å². The van der Waals surface area contributed by atoms with Crippen molar-refractivity contribution in [3.63, 3.8) is 0 Å². The molecule has 2 rings (SSSR count). The lowest BCUT2D eigenvalue weighted by Crippen LogP contribution is -2.39. The third-order valence-electron chi connectivity index (χ3n) is 4.17. The van der Waals surface area contributed by atoms with Crippen LogP contribution in [0.3, 0.4) is 0 Å². The summed E-state index contributed by atoms with van der Waals surface area (Å²) >= 11 is 0. The average Bonchev–Trinajstić information content (AvgIpc) is 2.83. The van der Waals surface area contributed by atoms with Gasteiger partial charge in [-0.2, -0.15) is 0 Å². The van der Waals surface area contributed by atoms with Crippen LogP contribution >= 0.6 is 0 Å². The number of nitrogens with one attached hydrogen (secondary N) is 1. The molecule has 0 saturated heterocycles. The highest BCUT2D eigenvalue weighted by molar-refractivity contribution is 5.53. The summed E-state index contributed by atoms with van der Waals surface area (Å²) in [5, 5.41) is 14.0. The molecule has 0 atom stereocenters. The van der Waals surface area contributed by atoms with Crippen molar-refractivity contribution < 1.29 is 5.11 Å². The first-order valence-corrected chi connectivity index (χ1v) is 7.75. The first kappa shape index (κ1) is 15.3. The average molecular weight is 276 g/mol. The summed E-state index contributed by atoms with van der Waals surface area (Å²) < 4.78 is 0. The molecule has 1 aromatic carbocycles. The molecule has 20 heavy (non-hydrogen) atoms. The van der Waals surface area contributed by atoms with Gasteiger partial charge in [0.25, 0.3) is 0 Å². The largest absolute Gasteiger partial charge is 0.388 e. The standard InChI is InChI=1S/C17H28N2O/c1-14(2)18-12-15-8-4-5-9-16(15)19(3)13-17(20)10-6-7-11-17/h4-5,8-9,14,18,20H,6-7,10-13H2,1-3H3. The molecule has 0 unspecified atom stereocenters. The Morgan fingerprint density at radius 1 is 1.25 bits per heavy atom. The highest BCUT2D eigenvalue weighted by atomic mass is 16.3. The van der Waals surface area contributed by atoms with Crippen LogP contribution < -0.4 is 10.2 Å². The summed E-state index contributed by atoms with van der Waals surface area (Å²) in [5.41, 5.74) is 2.03. The lowest BCUT2D eigenvalue weighted by atomic mass is 10.0. The van der Waals surface area contributed by atoms with Gasteiger partial charge in [0.05, 0.1) is 5.60 Å². The van der Waals surface area contributed by atoms with Crippen molar-refractivity contribution in [2.45, 2.75) is 57.7 Å². The number of para-hydroxylation sites is 1. The maximum absolute atomic E-state index is 10.6. The summed E-state index contributed by atoms with van der Waals surface area (Å²) in [7, 11) is 2.09. The molecule has 1 aliphatic carbocycles. The first-order valence-electron chi connectivity index (χ1n) is 7.75. The molecule has 1 saturated carbocycles. The number of likely N-dealkylation sites (N-methyl/N-ethyl adjacent to an activating group) is 1. The second kappa shape index (κ2) is 6.59. The molecule has 112 valence electrons. The van der Waals surface area contributed by atoms with E-state index in [-0.39, 0.29) is 0 Å². The summed E-state index contributed by atoms with van der Waals surface area (Å²) in [5.74, 6) is 0. The zero-order chi connectivity index (χ0) is 14.6. The lowest BCUT2D eigenvalue weighted by molar-refractivity contribution is 0.0559. The molecule has 3 heteroatoms. The van der Waals surface area contributed by atoms with Gasteiger partial charge in [-0.1, -0.05) is 44.9 Å². The number of hydrogen-bond acceptors (Lipinski definition) is 3. The van der Waals surface area contributed by atoms with E-state index in [1.54, 1.807) is 0 Å². The van der Waals surface area contributed by atoms with Gasteiger partial charge in [-0.15, -0.1) is 0 Å². The van der Waals surface area contributed by atoms with Crippen LogP contribution in [-0.2, 0) is 6.54 Å². The number of nitrogens with zero attached hydrogens (tertiary/aromatic N) is 1. The summed E-state index contributed by atoms with van der Waals surface area (Å²) in [6.07, 6.45) is 4.18. The van der Waals surface area contributed by atoms with Crippen LogP contribution in [0.15, 0.2) is 24.3 Å². The molecule has 2 N–H and O–H groups in total. The molecule has 0 bridgehead atoms. The first-order chi connectivity index (χ1) is 9.50. The normalized spacial score (nSPS) is 17.6. The Hall–Kier alpha value is -1.06. The number of hydrogen-bond donors (Lipinski definition) is 2. The molecular formula is C17H28N2O. The van der Waals surface area contributed by atoms with Crippen molar-refractivity contribution in [1.82, 2.24) is 5.32 Å². The predicted molar refractivity (Wildman–Crippen MR) is 85.1 cm³/mol. The highest BCUT2D eigenvalue weighted by Crippen LogP contribution is 2.31. The molecule has 1 aromatic rings. The fourth-order valence-corrected chi connectivity index (χ4v) is 3.06. The molecule has 0 spiro atoms. The Balaban J connectivity index is 2.06. The number of rotatable bonds is 6. The molecule has 0 amide bonds.